The van der Waals surface area contributed by atoms with Gasteiger partial charge in [0.2, 0.25) is 0 Å². The molecule has 1 aromatic rings. The lowest BCUT2D eigenvalue weighted by Crippen LogP contribution is -2.20. The molecule has 0 N–H and O–H groups in total. The summed E-state index contributed by atoms with van der Waals surface area (Å²) in [6.45, 7) is 3.05. The molecule has 0 radical (unpaired) electrons. The van der Waals surface area contributed by atoms with Crippen LogP contribution in [0, 0.1) is 0 Å². The van der Waals surface area contributed by atoms with Gasteiger partial charge >= 0.3 is 0 Å². The first kappa shape index (κ1) is 15.3. The third-order valence-corrected chi connectivity index (χ3v) is 3.81. The van der Waals surface area contributed by atoms with Crippen molar-refractivity contribution in [1.29, 1.82) is 0 Å². The summed E-state index contributed by atoms with van der Waals surface area (Å²) in [6.07, 6.45) is 7.40. The van der Waals surface area contributed by atoms with Crippen molar-refractivity contribution in [1.82, 2.24) is 9.88 Å². The van der Waals surface area contributed by atoms with E-state index in [4.69, 9.17) is 4.74 Å². The molecule has 1 aliphatic heterocycles. The van der Waals surface area contributed by atoms with Crippen molar-refractivity contribution in [2.75, 3.05) is 39.2 Å². The van der Waals surface area contributed by atoms with E-state index < -0.39 is 0 Å². The maximum Gasteiger partial charge on any atom is 0.127 e. The van der Waals surface area contributed by atoms with Gasteiger partial charge in [-0.25, -0.2) is 4.98 Å². The smallest absolute Gasteiger partial charge is 0.127 e. The van der Waals surface area contributed by atoms with E-state index in [1.165, 1.54) is 31.2 Å². The van der Waals surface area contributed by atoms with Crippen LogP contribution in [0.2, 0.25) is 0 Å². The number of aromatic nitrogens is 1. The SMILES string of the molecule is CN(CCC[C@@H]1CCCO1)Cc1ccc(N(C)C)nc1. The van der Waals surface area contributed by atoms with Gasteiger partial charge in [-0.2, -0.15) is 0 Å². The van der Waals surface area contributed by atoms with Crippen molar-refractivity contribution in [3.05, 3.63) is 23.9 Å². The molecule has 0 amide bonds. The molecule has 0 aliphatic carbocycles. The van der Waals surface area contributed by atoms with Crippen LogP contribution in [0.15, 0.2) is 18.3 Å². The first-order valence-electron chi connectivity index (χ1n) is 7.57. The molecule has 0 aromatic carbocycles. The van der Waals surface area contributed by atoms with Gasteiger partial charge in [0.05, 0.1) is 6.10 Å². The fourth-order valence-corrected chi connectivity index (χ4v) is 2.63. The standard InChI is InChI=1S/C16H27N3O/c1-18(2)16-9-8-14(12-17-16)13-19(3)10-4-6-15-7-5-11-20-15/h8-9,12,15H,4-7,10-11,13H2,1-3H3/t15-/m1/s1. The van der Waals surface area contributed by atoms with Crippen LogP contribution in [0.3, 0.4) is 0 Å². The van der Waals surface area contributed by atoms with Crippen molar-refractivity contribution in [3.8, 4) is 0 Å². The molecule has 0 unspecified atom stereocenters. The number of nitrogens with zero attached hydrogens (tertiary/aromatic N) is 3. The minimum Gasteiger partial charge on any atom is -0.378 e. The maximum absolute atomic E-state index is 5.66. The predicted molar refractivity (Wildman–Crippen MR) is 83.1 cm³/mol. The van der Waals surface area contributed by atoms with E-state index in [0.717, 1.165) is 25.5 Å². The van der Waals surface area contributed by atoms with E-state index in [9.17, 15) is 0 Å². The minimum atomic E-state index is 0.518. The summed E-state index contributed by atoms with van der Waals surface area (Å²) < 4.78 is 5.66. The van der Waals surface area contributed by atoms with Gasteiger partial charge in [0.15, 0.2) is 0 Å². The van der Waals surface area contributed by atoms with Gasteiger partial charge in [-0.15, -0.1) is 0 Å². The van der Waals surface area contributed by atoms with Gasteiger partial charge in [-0.1, -0.05) is 6.07 Å². The van der Waals surface area contributed by atoms with Gasteiger partial charge in [0, 0.05) is 33.4 Å². The quantitative estimate of drug-likeness (QED) is 0.766. The summed E-state index contributed by atoms with van der Waals surface area (Å²) in [4.78, 5) is 8.84. The second-order valence-corrected chi connectivity index (χ2v) is 5.93. The molecule has 0 bridgehead atoms. The number of rotatable bonds is 7. The maximum atomic E-state index is 5.66. The molecule has 0 saturated carbocycles. The second-order valence-electron chi connectivity index (χ2n) is 5.93. The number of hydrogen-bond acceptors (Lipinski definition) is 4. The van der Waals surface area contributed by atoms with Crippen LogP contribution < -0.4 is 4.90 Å². The highest BCUT2D eigenvalue weighted by Gasteiger charge is 2.14. The molecule has 4 nitrogen and oxygen atoms in total. The van der Waals surface area contributed by atoms with E-state index in [1.54, 1.807) is 0 Å². The Bertz CT molecular complexity index is 385. The molecule has 112 valence electrons. The van der Waals surface area contributed by atoms with Crippen molar-refractivity contribution >= 4 is 5.82 Å². The summed E-state index contributed by atoms with van der Waals surface area (Å²) in [5.74, 6) is 1.01. The van der Waals surface area contributed by atoms with E-state index in [2.05, 4.69) is 29.1 Å². The van der Waals surface area contributed by atoms with Crippen molar-refractivity contribution < 1.29 is 4.74 Å². The van der Waals surface area contributed by atoms with Crippen LogP contribution in [0.1, 0.15) is 31.2 Å². The van der Waals surface area contributed by atoms with E-state index >= 15 is 0 Å². The number of hydrogen-bond donors (Lipinski definition) is 0. The molecule has 1 fully saturated rings. The Hall–Kier alpha value is -1.13. The number of pyridine rings is 1. The van der Waals surface area contributed by atoms with E-state index in [-0.39, 0.29) is 0 Å². The summed E-state index contributed by atoms with van der Waals surface area (Å²) >= 11 is 0. The molecule has 1 atom stereocenters. The van der Waals surface area contributed by atoms with Crippen LogP contribution in [-0.2, 0) is 11.3 Å². The Morgan fingerprint density at radius 1 is 1.30 bits per heavy atom. The Balaban J connectivity index is 1.69. The molecule has 2 heterocycles. The summed E-state index contributed by atoms with van der Waals surface area (Å²) in [5.41, 5.74) is 1.27. The Morgan fingerprint density at radius 2 is 2.15 bits per heavy atom. The Morgan fingerprint density at radius 3 is 2.75 bits per heavy atom. The molecule has 20 heavy (non-hydrogen) atoms. The fourth-order valence-electron chi connectivity index (χ4n) is 2.63. The van der Waals surface area contributed by atoms with Gasteiger partial charge in [0.1, 0.15) is 5.82 Å². The van der Waals surface area contributed by atoms with Crippen molar-refractivity contribution in [3.63, 3.8) is 0 Å². The predicted octanol–water partition coefficient (Wildman–Crippen LogP) is 2.54. The van der Waals surface area contributed by atoms with Crippen molar-refractivity contribution in [2.45, 2.75) is 38.3 Å². The topological polar surface area (TPSA) is 28.6 Å². The first-order chi connectivity index (χ1) is 9.65. The monoisotopic (exact) mass is 277 g/mol. The van der Waals surface area contributed by atoms with Crippen LogP contribution in [-0.4, -0.2) is 50.3 Å². The molecular weight excluding hydrogens is 250 g/mol. The molecule has 1 aromatic heterocycles. The minimum absolute atomic E-state index is 0.518. The van der Waals surface area contributed by atoms with Crippen LogP contribution >= 0.6 is 0 Å². The highest BCUT2D eigenvalue weighted by Crippen LogP contribution is 2.17. The molecular formula is C16H27N3O. The van der Waals surface area contributed by atoms with E-state index in [0.29, 0.717) is 6.10 Å². The second kappa shape index (κ2) is 7.60. The molecule has 1 saturated heterocycles. The zero-order valence-electron chi connectivity index (χ0n) is 13.0. The lowest BCUT2D eigenvalue weighted by Gasteiger charge is -2.18. The molecule has 2 rings (SSSR count). The first-order valence-corrected chi connectivity index (χ1v) is 7.57. The largest absolute Gasteiger partial charge is 0.378 e. The highest BCUT2D eigenvalue weighted by atomic mass is 16.5. The normalized spacial score (nSPS) is 18.7. The highest BCUT2D eigenvalue weighted by molar-refractivity contribution is 5.37. The number of ether oxygens (including phenoxy) is 1. The van der Waals surface area contributed by atoms with Crippen LogP contribution in [0.5, 0.6) is 0 Å². The summed E-state index contributed by atoms with van der Waals surface area (Å²) in [7, 11) is 6.20. The van der Waals surface area contributed by atoms with Gasteiger partial charge < -0.3 is 14.5 Å². The average molecular weight is 277 g/mol. The third kappa shape index (κ3) is 4.76. The van der Waals surface area contributed by atoms with Crippen molar-refractivity contribution in [2.24, 2.45) is 0 Å². The lowest BCUT2D eigenvalue weighted by atomic mass is 10.1. The van der Waals surface area contributed by atoms with Crippen LogP contribution in [0.4, 0.5) is 5.82 Å². The molecule has 4 heteroatoms. The van der Waals surface area contributed by atoms with Gasteiger partial charge in [-0.05, 0) is 50.9 Å². The van der Waals surface area contributed by atoms with Crippen LogP contribution in [0.25, 0.3) is 0 Å². The lowest BCUT2D eigenvalue weighted by molar-refractivity contribution is 0.0995. The third-order valence-electron chi connectivity index (χ3n) is 3.81. The fraction of sp³-hybridized carbons (Fsp3) is 0.688. The van der Waals surface area contributed by atoms with E-state index in [1.807, 2.05) is 25.2 Å². The summed E-state index contributed by atoms with van der Waals surface area (Å²) in [5, 5.41) is 0. The molecule has 0 spiro atoms. The summed E-state index contributed by atoms with van der Waals surface area (Å²) in [6, 6.07) is 4.24. The average Bonchev–Trinajstić information content (AvgIpc) is 2.92. The zero-order chi connectivity index (χ0) is 14.4. The van der Waals surface area contributed by atoms with Gasteiger partial charge in [-0.3, -0.25) is 0 Å². The Labute approximate surface area is 122 Å². The number of anilines is 1. The molecule has 1 aliphatic rings. The zero-order valence-corrected chi connectivity index (χ0v) is 13.0. The van der Waals surface area contributed by atoms with Gasteiger partial charge in [0.25, 0.3) is 0 Å². The Kier molecular flexibility index (Phi) is 5.80.